The maximum Gasteiger partial charge on any atom is 0.226 e. The van der Waals surface area contributed by atoms with Crippen LogP contribution in [0.25, 0.3) is 0 Å². The SMILES string of the molecule is CCc1nc(C(N)CC(C)c2ccccc2)no1. The first-order valence-electron chi connectivity index (χ1n) is 6.33. The molecular weight excluding hydrogens is 226 g/mol. The summed E-state index contributed by atoms with van der Waals surface area (Å²) in [6.07, 6.45) is 1.56. The van der Waals surface area contributed by atoms with Crippen molar-refractivity contribution in [2.45, 2.75) is 38.6 Å². The topological polar surface area (TPSA) is 64.9 Å². The minimum absolute atomic E-state index is 0.177. The molecule has 0 aliphatic rings. The first-order chi connectivity index (χ1) is 8.70. The van der Waals surface area contributed by atoms with E-state index >= 15 is 0 Å². The smallest absolute Gasteiger partial charge is 0.226 e. The third kappa shape index (κ3) is 2.96. The van der Waals surface area contributed by atoms with Crippen molar-refractivity contribution in [1.29, 1.82) is 0 Å². The second kappa shape index (κ2) is 5.78. The summed E-state index contributed by atoms with van der Waals surface area (Å²) in [4.78, 5) is 4.27. The fraction of sp³-hybridized carbons (Fsp3) is 0.429. The highest BCUT2D eigenvalue weighted by atomic mass is 16.5. The zero-order chi connectivity index (χ0) is 13.0. The van der Waals surface area contributed by atoms with Crippen molar-refractivity contribution in [1.82, 2.24) is 10.1 Å². The number of nitrogens with two attached hydrogens (primary N) is 1. The van der Waals surface area contributed by atoms with Crippen LogP contribution in [-0.2, 0) is 6.42 Å². The molecule has 2 N–H and O–H groups in total. The van der Waals surface area contributed by atoms with Gasteiger partial charge in [0.25, 0.3) is 0 Å². The molecule has 4 heteroatoms. The lowest BCUT2D eigenvalue weighted by Gasteiger charge is -2.14. The first-order valence-corrected chi connectivity index (χ1v) is 6.33. The predicted molar refractivity (Wildman–Crippen MR) is 70.1 cm³/mol. The monoisotopic (exact) mass is 245 g/mol. The molecule has 0 aliphatic heterocycles. The zero-order valence-electron chi connectivity index (χ0n) is 10.8. The van der Waals surface area contributed by atoms with Crippen LogP contribution in [0.1, 0.15) is 49.5 Å². The molecule has 0 saturated heterocycles. The number of aromatic nitrogens is 2. The minimum atomic E-state index is -0.177. The van der Waals surface area contributed by atoms with Gasteiger partial charge >= 0.3 is 0 Å². The molecule has 0 fully saturated rings. The van der Waals surface area contributed by atoms with Gasteiger partial charge in [0.15, 0.2) is 5.82 Å². The number of hydrogen-bond donors (Lipinski definition) is 1. The summed E-state index contributed by atoms with van der Waals surface area (Å²) in [6, 6.07) is 10.2. The van der Waals surface area contributed by atoms with E-state index in [1.54, 1.807) is 0 Å². The Morgan fingerprint density at radius 3 is 2.61 bits per heavy atom. The van der Waals surface area contributed by atoms with Gasteiger partial charge in [-0.3, -0.25) is 0 Å². The Morgan fingerprint density at radius 1 is 1.28 bits per heavy atom. The minimum Gasteiger partial charge on any atom is -0.339 e. The Morgan fingerprint density at radius 2 is 2.00 bits per heavy atom. The van der Waals surface area contributed by atoms with E-state index in [0.29, 0.717) is 17.6 Å². The molecule has 0 spiro atoms. The number of hydrogen-bond acceptors (Lipinski definition) is 4. The molecule has 0 amide bonds. The molecule has 1 aromatic carbocycles. The molecule has 2 atom stereocenters. The highest BCUT2D eigenvalue weighted by molar-refractivity contribution is 5.19. The van der Waals surface area contributed by atoms with Crippen molar-refractivity contribution in [3.8, 4) is 0 Å². The third-order valence-electron chi connectivity index (χ3n) is 3.09. The second-order valence-corrected chi connectivity index (χ2v) is 4.55. The van der Waals surface area contributed by atoms with E-state index in [9.17, 15) is 0 Å². The maximum absolute atomic E-state index is 6.12. The van der Waals surface area contributed by atoms with Crippen molar-refractivity contribution < 1.29 is 4.52 Å². The van der Waals surface area contributed by atoms with Gasteiger partial charge in [0.05, 0.1) is 6.04 Å². The molecule has 1 heterocycles. The van der Waals surface area contributed by atoms with Gasteiger partial charge in [-0.25, -0.2) is 0 Å². The predicted octanol–water partition coefficient (Wildman–Crippen LogP) is 2.83. The first kappa shape index (κ1) is 12.8. The van der Waals surface area contributed by atoms with Gasteiger partial charge < -0.3 is 10.3 Å². The van der Waals surface area contributed by atoms with Gasteiger partial charge in [0, 0.05) is 6.42 Å². The molecule has 2 aromatic rings. The summed E-state index contributed by atoms with van der Waals surface area (Å²) in [5, 5.41) is 3.92. The Bertz CT molecular complexity index is 481. The van der Waals surface area contributed by atoms with Crippen LogP contribution in [0.4, 0.5) is 0 Å². The lowest BCUT2D eigenvalue weighted by molar-refractivity contribution is 0.370. The second-order valence-electron chi connectivity index (χ2n) is 4.55. The molecule has 4 nitrogen and oxygen atoms in total. The summed E-state index contributed by atoms with van der Waals surface area (Å²) in [5.41, 5.74) is 7.40. The summed E-state index contributed by atoms with van der Waals surface area (Å²) >= 11 is 0. The van der Waals surface area contributed by atoms with E-state index in [1.807, 2.05) is 25.1 Å². The lowest BCUT2D eigenvalue weighted by Crippen LogP contribution is -2.15. The fourth-order valence-corrected chi connectivity index (χ4v) is 1.97. The van der Waals surface area contributed by atoms with Crippen LogP contribution >= 0.6 is 0 Å². The van der Waals surface area contributed by atoms with Gasteiger partial charge in [0.2, 0.25) is 5.89 Å². The van der Waals surface area contributed by atoms with Crippen LogP contribution in [0.3, 0.4) is 0 Å². The van der Waals surface area contributed by atoms with E-state index < -0.39 is 0 Å². The standard InChI is InChI=1S/C14H19N3O/c1-3-13-16-14(17-18-13)12(15)9-10(2)11-7-5-4-6-8-11/h4-8,10,12H,3,9,15H2,1-2H3. The van der Waals surface area contributed by atoms with Gasteiger partial charge in [0.1, 0.15) is 0 Å². The van der Waals surface area contributed by atoms with Crippen LogP contribution in [0.15, 0.2) is 34.9 Å². The van der Waals surface area contributed by atoms with Crippen LogP contribution in [0.2, 0.25) is 0 Å². The largest absolute Gasteiger partial charge is 0.339 e. The quantitative estimate of drug-likeness (QED) is 0.879. The Labute approximate surface area is 107 Å². The molecule has 18 heavy (non-hydrogen) atoms. The maximum atomic E-state index is 6.12. The fourth-order valence-electron chi connectivity index (χ4n) is 1.97. The average molecular weight is 245 g/mol. The van der Waals surface area contributed by atoms with Crippen LogP contribution in [-0.4, -0.2) is 10.1 Å². The van der Waals surface area contributed by atoms with E-state index in [2.05, 4.69) is 29.2 Å². The molecule has 2 rings (SSSR count). The molecule has 1 aromatic heterocycles. The molecule has 0 saturated carbocycles. The number of aryl methyl sites for hydroxylation is 1. The lowest BCUT2D eigenvalue weighted by atomic mass is 9.94. The van der Waals surface area contributed by atoms with E-state index in [4.69, 9.17) is 10.3 Å². The van der Waals surface area contributed by atoms with Crippen LogP contribution < -0.4 is 5.73 Å². The normalized spacial score (nSPS) is 14.4. The van der Waals surface area contributed by atoms with Crippen LogP contribution in [0.5, 0.6) is 0 Å². The number of benzene rings is 1. The van der Waals surface area contributed by atoms with Crippen molar-refractivity contribution in [2.24, 2.45) is 5.73 Å². The van der Waals surface area contributed by atoms with Gasteiger partial charge in [-0.05, 0) is 17.9 Å². The van der Waals surface area contributed by atoms with Crippen molar-refractivity contribution in [2.75, 3.05) is 0 Å². The van der Waals surface area contributed by atoms with E-state index in [1.165, 1.54) is 5.56 Å². The summed E-state index contributed by atoms with van der Waals surface area (Å²) in [7, 11) is 0. The Balaban J connectivity index is 2.01. The molecule has 0 radical (unpaired) electrons. The summed E-state index contributed by atoms with van der Waals surface area (Å²) in [6.45, 7) is 4.14. The van der Waals surface area contributed by atoms with E-state index in [0.717, 1.165) is 12.8 Å². The highest BCUT2D eigenvalue weighted by Gasteiger charge is 2.17. The zero-order valence-corrected chi connectivity index (χ0v) is 10.8. The Kier molecular flexibility index (Phi) is 4.10. The van der Waals surface area contributed by atoms with Crippen LogP contribution in [0, 0.1) is 0 Å². The summed E-state index contributed by atoms with van der Waals surface area (Å²) < 4.78 is 5.08. The van der Waals surface area contributed by atoms with Crippen molar-refractivity contribution in [3.63, 3.8) is 0 Å². The van der Waals surface area contributed by atoms with E-state index in [-0.39, 0.29) is 6.04 Å². The summed E-state index contributed by atoms with van der Waals surface area (Å²) in [5.74, 6) is 1.63. The molecule has 0 aliphatic carbocycles. The highest BCUT2D eigenvalue weighted by Crippen LogP contribution is 2.24. The van der Waals surface area contributed by atoms with Crippen molar-refractivity contribution in [3.05, 3.63) is 47.6 Å². The number of nitrogens with zero attached hydrogens (tertiary/aromatic N) is 2. The Hall–Kier alpha value is -1.68. The molecule has 0 bridgehead atoms. The van der Waals surface area contributed by atoms with Gasteiger partial charge in [-0.2, -0.15) is 4.98 Å². The average Bonchev–Trinajstić information content (AvgIpc) is 2.88. The molecular formula is C14H19N3O. The molecule has 96 valence electrons. The third-order valence-corrected chi connectivity index (χ3v) is 3.09. The number of rotatable bonds is 5. The van der Waals surface area contributed by atoms with Gasteiger partial charge in [-0.15, -0.1) is 0 Å². The van der Waals surface area contributed by atoms with Gasteiger partial charge in [-0.1, -0.05) is 49.3 Å². The molecule has 2 unspecified atom stereocenters. The van der Waals surface area contributed by atoms with Crippen molar-refractivity contribution >= 4 is 0 Å².